The van der Waals surface area contributed by atoms with Crippen molar-refractivity contribution < 1.29 is 26.7 Å². The smallest absolute Gasteiger partial charge is 0.262 e. The molecule has 2 aromatic rings. The number of carbonyl (C=O) groups excluding carboxylic acids is 1. The average Bonchev–Trinajstić information content (AvgIpc) is 2.70. The summed E-state index contributed by atoms with van der Waals surface area (Å²) in [5, 5.41) is 2.56. The van der Waals surface area contributed by atoms with E-state index in [4.69, 9.17) is 4.74 Å². The molecule has 0 bridgehead atoms. The zero-order valence-corrected chi connectivity index (χ0v) is 15.8. The Morgan fingerprint density at radius 3 is 2.32 bits per heavy atom. The van der Waals surface area contributed by atoms with E-state index < -0.39 is 34.2 Å². The number of anilines is 1. The van der Waals surface area contributed by atoms with Crippen molar-refractivity contribution in [2.75, 3.05) is 25.0 Å². The van der Waals surface area contributed by atoms with E-state index in [0.29, 0.717) is 18.8 Å². The lowest BCUT2D eigenvalue weighted by molar-refractivity contribution is -0.118. The summed E-state index contributed by atoms with van der Waals surface area (Å²) in [5.74, 6) is -2.56. The van der Waals surface area contributed by atoms with E-state index >= 15 is 0 Å². The van der Waals surface area contributed by atoms with Gasteiger partial charge < -0.3 is 10.1 Å². The van der Waals surface area contributed by atoms with Gasteiger partial charge >= 0.3 is 0 Å². The van der Waals surface area contributed by atoms with Gasteiger partial charge in [0.15, 0.2) is 18.2 Å². The number of hydrogen-bond acceptors (Lipinski definition) is 4. The minimum Gasteiger partial charge on any atom is -0.484 e. The van der Waals surface area contributed by atoms with Gasteiger partial charge in [-0.25, -0.2) is 17.2 Å². The number of carbonyl (C=O) groups is 1. The van der Waals surface area contributed by atoms with E-state index in [9.17, 15) is 22.0 Å². The molecule has 9 heteroatoms. The van der Waals surface area contributed by atoms with E-state index in [1.807, 2.05) is 0 Å². The van der Waals surface area contributed by atoms with Gasteiger partial charge in [0.1, 0.15) is 5.75 Å². The van der Waals surface area contributed by atoms with Crippen molar-refractivity contribution in [1.29, 1.82) is 0 Å². The predicted octanol–water partition coefficient (Wildman–Crippen LogP) is 3.16. The molecular formula is C19H20F2N2O4S. The highest BCUT2D eigenvalue weighted by molar-refractivity contribution is 7.89. The van der Waals surface area contributed by atoms with Crippen LogP contribution < -0.4 is 10.1 Å². The lowest BCUT2D eigenvalue weighted by Crippen LogP contribution is -2.35. The molecule has 0 aromatic heterocycles. The van der Waals surface area contributed by atoms with Gasteiger partial charge in [-0.3, -0.25) is 4.79 Å². The number of nitrogens with zero attached hydrogens (tertiary/aromatic N) is 1. The highest BCUT2D eigenvalue weighted by atomic mass is 32.2. The molecule has 0 radical (unpaired) electrons. The van der Waals surface area contributed by atoms with Crippen molar-refractivity contribution in [3.8, 4) is 5.75 Å². The molecule has 0 saturated carbocycles. The number of hydrogen-bond donors (Lipinski definition) is 1. The molecule has 1 N–H and O–H groups in total. The first-order valence-corrected chi connectivity index (χ1v) is 10.3. The van der Waals surface area contributed by atoms with Crippen LogP contribution in [0.2, 0.25) is 0 Å². The minimum atomic E-state index is -3.53. The highest BCUT2D eigenvalue weighted by Gasteiger charge is 2.25. The Hall–Kier alpha value is -2.52. The molecule has 0 spiro atoms. The van der Waals surface area contributed by atoms with E-state index in [1.54, 1.807) is 0 Å². The van der Waals surface area contributed by atoms with Crippen LogP contribution in [-0.4, -0.2) is 38.3 Å². The third-order valence-electron chi connectivity index (χ3n) is 4.35. The third kappa shape index (κ3) is 4.85. The van der Waals surface area contributed by atoms with Gasteiger partial charge in [0.25, 0.3) is 5.91 Å². The summed E-state index contributed by atoms with van der Waals surface area (Å²) in [4.78, 5) is 12.1. The largest absolute Gasteiger partial charge is 0.484 e. The second kappa shape index (κ2) is 8.66. The lowest BCUT2D eigenvalue weighted by Gasteiger charge is -2.25. The molecule has 28 heavy (non-hydrogen) atoms. The van der Waals surface area contributed by atoms with Crippen molar-refractivity contribution in [2.45, 2.75) is 24.2 Å². The molecule has 1 aliphatic rings. The van der Waals surface area contributed by atoms with Crippen LogP contribution in [0.5, 0.6) is 5.75 Å². The maximum atomic E-state index is 13.1. The fraction of sp³-hybridized carbons (Fsp3) is 0.316. The van der Waals surface area contributed by atoms with E-state index in [1.165, 1.54) is 34.6 Å². The number of halogens is 2. The summed E-state index contributed by atoms with van der Waals surface area (Å²) in [6.07, 6.45) is 2.74. The summed E-state index contributed by atoms with van der Waals surface area (Å²) in [6, 6.07) is 8.84. The quantitative estimate of drug-likeness (QED) is 0.794. The van der Waals surface area contributed by atoms with Crippen LogP contribution in [0.15, 0.2) is 47.4 Å². The second-order valence-corrected chi connectivity index (χ2v) is 8.34. The van der Waals surface area contributed by atoms with Crippen LogP contribution in [0.25, 0.3) is 0 Å². The Kier molecular flexibility index (Phi) is 6.25. The van der Waals surface area contributed by atoms with E-state index in [2.05, 4.69) is 5.32 Å². The summed E-state index contributed by atoms with van der Waals surface area (Å²) in [6.45, 7) is 0.628. The zero-order valence-electron chi connectivity index (χ0n) is 15.0. The fourth-order valence-corrected chi connectivity index (χ4v) is 4.39. The molecule has 1 heterocycles. The fourth-order valence-electron chi connectivity index (χ4n) is 2.88. The molecule has 1 saturated heterocycles. The van der Waals surface area contributed by atoms with Crippen LogP contribution in [0.3, 0.4) is 0 Å². The van der Waals surface area contributed by atoms with Gasteiger partial charge in [0.2, 0.25) is 10.0 Å². The lowest BCUT2D eigenvalue weighted by atomic mass is 10.2. The Bertz CT molecular complexity index is 943. The number of rotatable bonds is 6. The van der Waals surface area contributed by atoms with Gasteiger partial charge in [-0.1, -0.05) is 6.42 Å². The summed E-state index contributed by atoms with van der Waals surface area (Å²) < 4.78 is 57.7. The number of benzene rings is 2. The summed E-state index contributed by atoms with van der Waals surface area (Å²) in [7, 11) is -3.53. The highest BCUT2D eigenvalue weighted by Crippen LogP contribution is 2.22. The van der Waals surface area contributed by atoms with Gasteiger partial charge in [0, 0.05) is 24.8 Å². The first-order chi connectivity index (χ1) is 13.4. The van der Waals surface area contributed by atoms with Crippen molar-refractivity contribution in [2.24, 2.45) is 0 Å². The Morgan fingerprint density at radius 1 is 1.00 bits per heavy atom. The van der Waals surface area contributed by atoms with Crippen LogP contribution in [0.1, 0.15) is 19.3 Å². The average molecular weight is 410 g/mol. The maximum absolute atomic E-state index is 13.1. The maximum Gasteiger partial charge on any atom is 0.262 e. The number of amides is 1. The molecule has 3 rings (SSSR count). The minimum absolute atomic E-state index is 0.0250. The van der Waals surface area contributed by atoms with Crippen LogP contribution in [0, 0.1) is 11.6 Å². The van der Waals surface area contributed by atoms with Crippen LogP contribution in [0.4, 0.5) is 14.5 Å². The standard InChI is InChI=1S/C19H20F2N2O4S/c20-17-9-6-15(12-18(17)21)27-13-19(24)22-14-4-7-16(8-5-14)28(25,26)23-10-2-1-3-11-23/h4-9,12H,1-3,10-11,13H2,(H,22,24). The molecule has 0 aliphatic carbocycles. The van der Waals surface area contributed by atoms with Crippen LogP contribution >= 0.6 is 0 Å². The Balaban J connectivity index is 1.57. The molecule has 6 nitrogen and oxygen atoms in total. The van der Waals surface area contributed by atoms with Crippen molar-refractivity contribution in [3.63, 3.8) is 0 Å². The second-order valence-electron chi connectivity index (χ2n) is 6.40. The van der Waals surface area contributed by atoms with Crippen molar-refractivity contribution in [1.82, 2.24) is 4.31 Å². The first kappa shape index (κ1) is 20.2. The van der Waals surface area contributed by atoms with E-state index in [-0.39, 0.29) is 10.6 Å². The monoisotopic (exact) mass is 410 g/mol. The summed E-state index contributed by atoms with van der Waals surface area (Å²) >= 11 is 0. The van der Waals surface area contributed by atoms with Crippen LogP contribution in [-0.2, 0) is 14.8 Å². The molecule has 0 atom stereocenters. The topological polar surface area (TPSA) is 75.7 Å². The number of piperidine rings is 1. The molecule has 2 aromatic carbocycles. The molecule has 0 unspecified atom stereocenters. The molecular weight excluding hydrogens is 390 g/mol. The van der Waals surface area contributed by atoms with Gasteiger partial charge in [-0.05, 0) is 49.2 Å². The third-order valence-corrected chi connectivity index (χ3v) is 6.26. The Morgan fingerprint density at radius 2 is 1.68 bits per heavy atom. The van der Waals surface area contributed by atoms with Crippen molar-refractivity contribution in [3.05, 3.63) is 54.1 Å². The number of ether oxygens (including phenoxy) is 1. The molecule has 1 aliphatic heterocycles. The number of nitrogens with one attached hydrogen (secondary N) is 1. The normalized spacial score (nSPS) is 15.2. The molecule has 1 amide bonds. The molecule has 150 valence electrons. The van der Waals surface area contributed by atoms with Gasteiger partial charge in [-0.2, -0.15) is 4.31 Å². The van der Waals surface area contributed by atoms with Crippen molar-refractivity contribution >= 4 is 21.6 Å². The number of sulfonamides is 1. The Labute approximate surface area is 162 Å². The predicted molar refractivity (Wildman–Crippen MR) is 99.5 cm³/mol. The van der Waals surface area contributed by atoms with Gasteiger partial charge in [-0.15, -0.1) is 0 Å². The summed E-state index contributed by atoms with van der Waals surface area (Å²) in [5.41, 5.74) is 0.400. The van der Waals surface area contributed by atoms with Gasteiger partial charge in [0.05, 0.1) is 4.90 Å². The molecule has 1 fully saturated rings. The zero-order chi connectivity index (χ0) is 20.1. The first-order valence-electron chi connectivity index (χ1n) is 8.84. The van der Waals surface area contributed by atoms with E-state index in [0.717, 1.165) is 31.4 Å². The SMILES string of the molecule is O=C(COc1ccc(F)c(F)c1)Nc1ccc(S(=O)(=O)N2CCCCC2)cc1.